The van der Waals surface area contributed by atoms with Crippen molar-refractivity contribution in [1.82, 2.24) is 0 Å². The highest BCUT2D eigenvalue weighted by atomic mass is 31.2. The third-order valence-electron chi connectivity index (χ3n) is 7.33. The van der Waals surface area contributed by atoms with Crippen LogP contribution in [0, 0.1) is 0 Å². The smallest absolute Gasteiger partial charge is 0.462 e. The van der Waals surface area contributed by atoms with Crippen LogP contribution in [0.1, 0.15) is 149 Å². The first kappa shape index (κ1) is 44.8. The van der Waals surface area contributed by atoms with Crippen molar-refractivity contribution in [3.8, 4) is 0 Å². The van der Waals surface area contributed by atoms with Gasteiger partial charge in [-0.15, -0.1) is 0 Å². The Hall–Kier alpha value is -2.25. The summed E-state index contributed by atoms with van der Waals surface area (Å²) in [6.07, 6.45) is 41.1. The minimum atomic E-state index is -4.77. The summed E-state index contributed by atoms with van der Waals surface area (Å²) >= 11 is 0. The van der Waals surface area contributed by atoms with Gasteiger partial charge in [0.2, 0.25) is 0 Å². The standard InChI is InChI=1S/C38H65O8P/c1-3-5-7-9-11-13-15-17-19-21-23-25-27-29-31-33-38(40)46-36(35-45-47(41,42)43)34-44-37(39)32-30-28-26-24-22-20-18-16-14-12-10-8-6-4-2/h5,7,11,13,17,19,23,25,29,31,36H,3-4,6,8-10,12,14-16,18,20-22,24,26-28,30,32-35H2,1-2H3,(H2,41,42,43)/b7-5-,13-11-,19-17-,25-23-,31-29-. The largest absolute Gasteiger partial charge is 0.469 e. The van der Waals surface area contributed by atoms with Crippen LogP contribution in [0.4, 0.5) is 0 Å². The predicted octanol–water partition coefficient (Wildman–Crippen LogP) is 10.6. The van der Waals surface area contributed by atoms with Crippen molar-refractivity contribution in [3.63, 3.8) is 0 Å². The van der Waals surface area contributed by atoms with Crippen LogP contribution in [-0.2, 0) is 28.2 Å². The van der Waals surface area contributed by atoms with Crippen LogP contribution in [-0.4, -0.2) is 41.0 Å². The van der Waals surface area contributed by atoms with Gasteiger partial charge in [-0.05, 0) is 38.5 Å². The summed E-state index contributed by atoms with van der Waals surface area (Å²) in [7, 11) is -4.77. The van der Waals surface area contributed by atoms with Crippen LogP contribution in [0.15, 0.2) is 60.8 Å². The highest BCUT2D eigenvalue weighted by Crippen LogP contribution is 2.35. The molecule has 0 saturated heterocycles. The van der Waals surface area contributed by atoms with Gasteiger partial charge >= 0.3 is 19.8 Å². The monoisotopic (exact) mass is 680 g/mol. The van der Waals surface area contributed by atoms with E-state index in [-0.39, 0.29) is 19.4 Å². The second-order valence-corrected chi connectivity index (χ2v) is 13.1. The molecular weight excluding hydrogens is 615 g/mol. The molecule has 9 heteroatoms. The molecule has 0 rings (SSSR count). The number of unbranched alkanes of at least 4 members (excludes halogenated alkanes) is 13. The van der Waals surface area contributed by atoms with Crippen LogP contribution < -0.4 is 0 Å². The molecule has 0 aromatic carbocycles. The van der Waals surface area contributed by atoms with Crippen LogP contribution in [0.25, 0.3) is 0 Å². The molecule has 1 unspecified atom stereocenters. The van der Waals surface area contributed by atoms with Gasteiger partial charge in [0, 0.05) is 6.42 Å². The molecule has 0 heterocycles. The van der Waals surface area contributed by atoms with Gasteiger partial charge < -0.3 is 19.3 Å². The molecule has 0 radical (unpaired) electrons. The quantitative estimate of drug-likeness (QED) is 0.0312. The van der Waals surface area contributed by atoms with Gasteiger partial charge in [0.15, 0.2) is 6.10 Å². The van der Waals surface area contributed by atoms with Crippen LogP contribution in [0.2, 0.25) is 0 Å². The number of carbonyl (C=O) groups is 2. The summed E-state index contributed by atoms with van der Waals surface area (Å²) < 4.78 is 26.1. The summed E-state index contributed by atoms with van der Waals surface area (Å²) in [5.41, 5.74) is 0. The summed E-state index contributed by atoms with van der Waals surface area (Å²) in [6.45, 7) is 3.47. The lowest BCUT2D eigenvalue weighted by Gasteiger charge is -2.18. The molecule has 0 bridgehead atoms. The molecule has 0 amide bonds. The van der Waals surface area contributed by atoms with E-state index in [9.17, 15) is 14.2 Å². The van der Waals surface area contributed by atoms with Crippen LogP contribution in [0.3, 0.4) is 0 Å². The zero-order valence-corrected chi connectivity index (χ0v) is 30.3. The van der Waals surface area contributed by atoms with Gasteiger partial charge in [0.25, 0.3) is 0 Å². The Morgan fingerprint density at radius 3 is 1.45 bits per heavy atom. The normalized spacial score (nSPS) is 13.2. The fourth-order valence-corrected chi connectivity index (χ4v) is 5.04. The molecule has 2 N–H and O–H groups in total. The Labute approximate surface area is 286 Å². The first-order valence-electron chi connectivity index (χ1n) is 18.1. The van der Waals surface area contributed by atoms with Gasteiger partial charge in [-0.25, -0.2) is 4.57 Å². The maximum atomic E-state index is 12.3. The number of esters is 2. The molecule has 1 atom stereocenters. The molecule has 0 aliphatic rings. The Balaban J connectivity index is 4.13. The fraction of sp³-hybridized carbons (Fsp3) is 0.684. The van der Waals surface area contributed by atoms with Crippen molar-refractivity contribution >= 4 is 19.8 Å². The maximum absolute atomic E-state index is 12.3. The Bertz CT molecular complexity index is 947. The number of hydrogen-bond donors (Lipinski definition) is 2. The zero-order chi connectivity index (χ0) is 34.7. The van der Waals surface area contributed by atoms with Crippen molar-refractivity contribution in [2.24, 2.45) is 0 Å². The van der Waals surface area contributed by atoms with Crippen molar-refractivity contribution in [2.45, 2.75) is 155 Å². The highest BCUT2D eigenvalue weighted by Gasteiger charge is 2.22. The molecule has 0 aliphatic heterocycles. The van der Waals surface area contributed by atoms with Gasteiger partial charge in [-0.2, -0.15) is 0 Å². The first-order valence-corrected chi connectivity index (χ1v) is 19.6. The number of rotatable bonds is 32. The van der Waals surface area contributed by atoms with E-state index >= 15 is 0 Å². The molecule has 0 aromatic rings. The minimum absolute atomic E-state index is 0.0209. The number of ether oxygens (including phenoxy) is 2. The molecule has 0 fully saturated rings. The van der Waals surface area contributed by atoms with Crippen molar-refractivity contribution < 1.29 is 37.9 Å². The van der Waals surface area contributed by atoms with E-state index in [0.29, 0.717) is 12.8 Å². The minimum Gasteiger partial charge on any atom is -0.462 e. The molecule has 0 aromatic heterocycles. The third-order valence-corrected chi connectivity index (χ3v) is 7.82. The maximum Gasteiger partial charge on any atom is 0.469 e. The highest BCUT2D eigenvalue weighted by molar-refractivity contribution is 7.46. The van der Waals surface area contributed by atoms with E-state index in [4.69, 9.17) is 19.3 Å². The van der Waals surface area contributed by atoms with Crippen LogP contribution >= 0.6 is 7.82 Å². The van der Waals surface area contributed by atoms with Gasteiger partial charge in [0.05, 0.1) is 13.0 Å². The SMILES string of the molecule is CC/C=C\C/C=C\C/C=C\C/C=C\C/C=C\CC(=O)OC(COC(=O)CCCCCCCCCCCCCCCC)COP(=O)(O)O. The van der Waals surface area contributed by atoms with Crippen LogP contribution in [0.5, 0.6) is 0 Å². The molecular formula is C38H65O8P. The fourth-order valence-electron chi connectivity index (χ4n) is 4.68. The van der Waals surface area contributed by atoms with Crippen molar-refractivity contribution in [1.29, 1.82) is 0 Å². The van der Waals surface area contributed by atoms with Crippen molar-refractivity contribution in [2.75, 3.05) is 13.2 Å². The number of phosphoric ester groups is 1. The van der Waals surface area contributed by atoms with E-state index in [1.165, 1.54) is 70.6 Å². The lowest BCUT2D eigenvalue weighted by Crippen LogP contribution is -2.29. The lowest BCUT2D eigenvalue weighted by atomic mass is 10.0. The van der Waals surface area contributed by atoms with Gasteiger partial charge in [0.1, 0.15) is 6.61 Å². The Morgan fingerprint density at radius 1 is 0.574 bits per heavy atom. The number of phosphoric acid groups is 1. The first-order chi connectivity index (χ1) is 22.8. The Kier molecular flexibility index (Phi) is 32.0. The predicted molar refractivity (Wildman–Crippen MR) is 193 cm³/mol. The number of allylic oxidation sites excluding steroid dienone is 9. The van der Waals surface area contributed by atoms with Gasteiger partial charge in [-0.3, -0.25) is 14.1 Å². The second-order valence-electron chi connectivity index (χ2n) is 11.8. The van der Waals surface area contributed by atoms with E-state index in [1.807, 2.05) is 12.2 Å². The van der Waals surface area contributed by atoms with E-state index in [1.54, 1.807) is 6.08 Å². The Morgan fingerprint density at radius 2 is 1.00 bits per heavy atom. The summed E-state index contributed by atoms with van der Waals surface area (Å²) in [6, 6.07) is 0. The summed E-state index contributed by atoms with van der Waals surface area (Å²) in [5.74, 6) is -1.03. The van der Waals surface area contributed by atoms with E-state index in [2.05, 4.69) is 60.9 Å². The van der Waals surface area contributed by atoms with Crippen molar-refractivity contribution in [3.05, 3.63) is 60.8 Å². The van der Waals surface area contributed by atoms with E-state index in [0.717, 1.165) is 38.5 Å². The molecule has 47 heavy (non-hydrogen) atoms. The van der Waals surface area contributed by atoms with Gasteiger partial charge in [-0.1, -0.05) is 158 Å². The van der Waals surface area contributed by atoms with E-state index < -0.39 is 32.5 Å². The average molecular weight is 681 g/mol. The molecule has 8 nitrogen and oxygen atoms in total. The molecule has 0 spiro atoms. The number of hydrogen-bond acceptors (Lipinski definition) is 6. The lowest BCUT2D eigenvalue weighted by molar-refractivity contribution is -0.160. The second kappa shape index (κ2) is 33.6. The summed E-state index contributed by atoms with van der Waals surface area (Å²) in [4.78, 5) is 42.6. The molecule has 270 valence electrons. The number of carbonyl (C=O) groups excluding carboxylic acids is 2. The summed E-state index contributed by atoms with van der Waals surface area (Å²) in [5, 5.41) is 0. The zero-order valence-electron chi connectivity index (χ0n) is 29.4. The average Bonchev–Trinajstić information content (AvgIpc) is 3.03. The topological polar surface area (TPSA) is 119 Å². The molecule has 0 aliphatic carbocycles. The third kappa shape index (κ3) is 36.4. The molecule has 0 saturated carbocycles.